The Morgan fingerprint density at radius 2 is 1.72 bits per heavy atom. The Kier molecular flexibility index (Phi) is 4.02. The van der Waals surface area contributed by atoms with Crippen LogP contribution in [0.2, 0.25) is 0 Å². The van der Waals surface area contributed by atoms with E-state index in [1.807, 2.05) is 0 Å². The molecule has 0 aliphatic rings. The summed E-state index contributed by atoms with van der Waals surface area (Å²) in [5.74, 6) is 0. The first kappa shape index (κ1) is 13.1. The highest BCUT2D eigenvalue weighted by Gasteiger charge is 2.01. The van der Waals surface area contributed by atoms with Gasteiger partial charge in [0.05, 0.1) is 6.54 Å². The molecule has 1 aromatic heterocycles. The highest BCUT2D eigenvalue weighted by molar-refractivity contribution is 7.09. The lowest BCUT2D eigenvalue weighted by atomic mass is 10.1. The van der Waals surface area contributed by atoms with E-state index in [0.29, 0.717) is 0 Å². The Labute approximate surface area is 113 Å². The molecule has 1 heterocycles. The van der Waals surface area contributed by atoms with E-state index in [4.69, 9.17) is 4.99 Å². The second-order valence-corrected chi connectivity index (χ2v) is 5.75. The summed E-state index contributed by atoms with van der Waals surface area (Å²) >= 11 is 1.76. The van der Waals surface area contributed by atoms with Crippen molar-refractivity contribution in [3.8, 4) is 0 Å². The van der Waals surface area contributed by atoms with Crippen molar-refractivity contribution in [2.24, 2.45) is 12.0 Å². The Hall–Kier alpha value is -1.35. The van der Waals surface area contributed by atoms with Crippen molar-refractivity contribution in [1.29, 1.82) is 0 Å². The number of thiazole rings is 1. The van der Waals surface area contributed by atoms with Gasteiger partial charge in [-0.3, -0.25) is 4.99 Å². The maximum atomic E-state index is 4.69. The van der Waals surface area contributed by atoms with Gasteiger partial charge in [0.2, 0.25) is 0 Å². The van der Waals surface area contributed by atoms with Gasteiger partial charge in [0.15, 0.2) is 4.80 Å². The minimum Gasteiger partial charge on any atom is -0.324 e. The molecule has 0 spiro atoms. The van der Waals surface area contributed by atoms with Crippen LogP contribution in [0.15, 0.2) is 29.3 Å². The lowest BCUT2D eigenvalue weighted by Crippen LogP contribution is -2.11. The van der Waals surface area contributed by atoms with Crippen molar-refractivity contribution in [3.63, 3.8) is 0 Å². The Morgan fingerprint density at radius 1 is 1.11 bits per heavy atom. The zero-order valence-electron chi connectivity index (χ0n) is 11.5. The largest absolute Gasteiger partial charge is 0.324 e. The third kappa shape index (κ3) is 2.72. The van der Waals surface area contributed by atoms with E-state index in [9.17, 15) is 0 Å². The van der Waals surface area contributed by atoms with E-state index in [1.165, 1.54) is 21.7 Å². The number of hydrogen-bond donors (Lipinski definition) is 0. The fourth-order valence-electron chi connectivity index (χ4n) is 1.84. The zero-order chi connectivity index (χ0) is 13.1. The number of aromatic nitrogens is 1. The minimum atomic E-state index is 0.761. The molecule has 2 aromatic rings. The highest BCUT2D eigenvalue weighted by Crippen LogP contribution is 2.09. The van der Waals surface area contributed by atoms with Gasteiger partial charge in [-0.15, -0.1) is 11.3 Å². The molecule has 0 bridgehead atoms. The number of rotatable bonds is 3. The summed E-state index contributed by atoms with van der Waals surface area (Å²) in [5, 5.41) is 0. The lowest BCUT2D eigenvalue weighted by molar-refractivity contribution is 0.805. The second kappa shape index (κ2) is 5.53. The van der Waals surface area contributed by atoms with Gasteiger partial charge in [0, 0.05) is 17.6 Å². The summed E-state index contributed by atoms with van der Waals surface area (Å²) in [6.07, 6.45) is 1.09. The van der Waals surface area contributed by atoms with E-state index >= 15 is 0 Å². The molecule has 0 amide bonds. The molecule has 2 rings (SSSR count). The van der Waals surface area contributed by atoms with Crippen LogP contribution < -0.4 is 4.80 Å². The molecule has 18 heavy (non-hydrogen) atoms. The number of benzene rings is 1. The van der Waals surface area contributed by atoms with Crippen LogP contribution in [0.1, 0.15) is 28.6 Å². The first-order valence-corrected chi connectivity index (χ1v) is 7.14. The molecular formula is C15H20N2S. The summed E-state index contributed by atoms with van der Waals surface area (Å²) in [5.41, 5.74) is 3.96. The fourth-order valence-corrected chi connectivity index (χ4v) is 2.80. The average molecular weight is 260 g/mol. The average Bonchev–Trinajstić information content (AvgIpc) is 2.64. The number of nitrogens with zero attached hydrogens (tertiary/aromatic N) is 2. The quantitative estimate of drug-likeness (QED) is 0.805. The minimum absolute atomic E-state index is 0.761. The summed E-state index contributed by atoms with van der Waals surface area (Å²) < 4.78 is 2.17. The van der Waals surface area contributed by atoms with Crippen molar-refractivity contribution >= 4 is 11.3 Å². The van der Waals surface area contributed by atoms with Crippen molar-refractivity contribution in [3.05, 3.63) is 50.8 Å². The van der Waals surface area contributed by atoms with Gasteiger partial charge in [-0.25, -0.2) is 0 Å². The first-order valence-electron chi connectivity index (χ1n) is 6.33. The fraction of sp³-hybridized carbons (Fsp3) is 0.400. The molecule has 0 aliphatic carbocycles. The van der Waals surface area contributed by atoms with E-state index in [2.05, 4.69) is 56.7 Å². The normalized spacial score (nSPS) is 12.1. The van der Waals surface area contributed by atoms with Crippen LogP contribution in [-0.2, 0) is 20.0 Å². The maximum absolute atomic E-state index is 4.69. The Bertz CT molecular complexity index is 588. The summed E-state index contributed by atoms with van der Waals surface area (Å²) in [7, 11) is 2.08. The van der Waals surface area contributed by atoms with Crippen LogP contribution in [0.5, 0.6) is 0 Å². The molecule has 3 heteroatoms. The monoisotopic (exact) mass is 260 g/mol. The molecule has 96 valence electrons. The molecule has 0 unspecified atom stereocenters. The molecule has 1 aromatic carbocycles. The summed E-state index contributed by atoms with van der Waals surface area (Å²) in [6, 6.07) is 8.73. The molecule has 0 saturated carbocycles. The Balaban J connectivity index is 2.21. The predicted octanol–water partition coefficient (Wildman–Crippen LogP) is 3.37. The van der Waals surface area contributed by atoms with E-state index in [-0.39, 0.29) is 0 Å². The molecule has 0 atom stereocenters. The van der Waals surface area contributed by atoms with E-state index in [1.54, 1.807) is 11.3 Å². The van der Waals surface area contributed by atoms with Gasteiger partial charge in [-0.1, -0.05) is 31.2 Å². The molecule has 0 radical (unpaired) electrons. The van der Waals surface area contributed by atoms with Gasteiger partial charge >= 0.3 is 0 Å². The highest BCUT2D eigenvalue weighted by atomic mass is 32.1. The molecule has 0 N–H and O–H groups in total. The third-order valence-corrected chi connectivity index (χ3v) is 4.56. The SMILES string of the molecule is CCc1ccc(CN=c2sc(C)c(C)n2C)cc1. The maximum Gasteiger partial charge on any atom is 0.185 e. The van der Waals surface area contributed by atoms with Crippen molar-refractivity contribution in [1.82, 2.24) is 4.57 Å². The third-order valence-electron chi connectivity index (χ3n) is 3.37. The van der Waals surface area contributed by atoms with Crippen LogP contribution in [0.25, 0.3) is 0 Å². The van der Waals surface area contributed by atoms with Gasteiger partial charge < -0.3 is 4.57 Å². The van der Waals surface area contributed by atoms with Crippen molar-refractivity contribution < 1.29 is 0 Å². The summed E-state index contributed by atoms with van der Waals surface area (Å²) in [6.45, 7) is 7.23. The van der Waals surface area contributed by atoms with Gasteiger partial charge in [-0.05, 0) is 31.4 Å². The number of hydrogen-bond acceptors (Lipinski definition) is 2. The standard InChI is InChI=1S/C15H20N2S/c1-5-13-6-8-14(9-7-13)10-16-15-17(4)11(2)12(3)18-15/h6-9H,5,10H2,1-4H3. The van der Waals surface area contributed by atoms with E-state index in [0.717, 1.165) is 17.8 Å². The van der Waals surface area contributed by atoms with E-state index < -0.39 is 0 Å². The smallest absolute Gasteiger partial charge is 0.185 e. The van der Waals surface area contributed by atoms with Gasteiger partial charge in [-0.2, -0.15) is 0 Å². The number of aryl methyl sites for hydroxylation is 2. The predicted molar refractivity (Wildman–Crippen MR) is 77.9 cm³/mol. The molecule has 0 saturated heterocycles. The van der Waals surface area contributed by atoms with Crippen molar-refractivity contribution in [2.75, 3.05) is 0 Å². The second-order valence-electron chi connectivity index (χ2n) is 4.57. The molecule has 0 aliphatic heterocycles. The lowest BCUT2D eigenvalue weighted by Gasteiger charge is -1.99. The molecule has 0 fully saturated rings. The Morgan fingerprint density at radius 3 is 2.22 bits per heavy atom. The van der Waals surface area contributed by atoms with Gasteiger partial charge in [0.25, 0.3) is 0 Å². The van der Waals surface area contributed by atoms with Crippen LogP contribution in [0, 0.1) is 13.8 Å². The van der Waals surface area contributed by atoms with Crippen LogP contribution in [-0.4, -0.2) is 4.57 Å². The summed E-state index contributed by atoms with van der Waals surface area (Å²) in [4.78, 5) is 7.14. The van der Waals surface area contributed by atoms with Crippen LogP contribution in [0.4, 0.5) is 0 Å². The first-order chi connectivity index (χ1) is 8.61. The van der Waals surface area contributed by atoms with Gasteiger partial charge in [0.1, 0.15) is 0 Å². The van der Waals surface area contributed by atoms with Crippen molar-refractivity contribution in [2.45, 2.75) is 33.7 Å². The molecular weight excluding hydrogens is 240 g/mol. The molecule has 2 nitrogen and oxygen atoms in total. The van der Waals surface area contributed by atoms with Crippen LogP contribution >= 0.6 is 11.3 Å². The van der Waals surface area contributed by atoms with Crippen LogP contribution in [0.3, 0.4) is 0 Å². The zero-order valence-corrected chi connectivity index (χ0v) is 12.3. The topological polar surface area (TPSA) is 17.3 Å².